The van der Waals surface area contributed by atoms with Gasteiger partial charge in [0.1, 0.15) is 28.7 Å². The Morgan fingerprint density at radius 3 is 2.65 bits per heavy atom. The van der Waals surface area contributed by atoms with E-state index in [1.807, 2.05) is 13.0 Å². The van der Waals surface area contributed by atoms with Gasteiger partial charge in [-0.25, -0.2) is 14.0 Å². The van der Waals surface area contributed by atoms with Gasteiger partial charge in [0.2, 0.25) is 11.8 Å². The van der Waals surface area contributed by atoms with E-state index < -0.39 is 15.8 Å². The molecule has 2 fully saturated rings. The molecule has 1 saturated carbocycles. The molecule has 1 unspecified atom stereocenters. The standard InChI is InChI=1S/C25H27BrN6O4S/c1-13-8-9-19(26)28-23(13)29-24(35)16-10-25(3)11-18(25)32(16)20(34)12-31-22-15(21(30-31)14(2)33)6-5-7-17(22)37(4,27)36/h5-9,16,18,27H,10-12H2,1-4H3,(H,28,29,35)/t16-,18-,25+,37?/m0/s1. The van der Waals surface area contributed by atoms with Crippen molar-refractivity contribution in [3.8, 4) is 0 Å². The SMILES string of the molecule is CC(=O)c1nn(CC(=O)N2[C@H]3C[C@@]3(C)C[C@H]2C(=O)Nc2nc(Br)ccc2C)c2c(S(C)(=N)=O)cccc12. The Balaban J connectivity index is 1.49. The fraction of sp³-hybridized carbons (Fsp3) is 0.400. The van der Waals surface area contributed by atoms with Gasteiger partial charge in [0.15, 0.2) is 5.78 Å². The number of benzene rings is 1. The molecular formula is C25H27BrN6O4S. The first-order chi connectivity index (χ1) is 17.3. The van der Waals surface area contributed by atoms with Crippen LogP contribution in [0, 0.1) is 17.1 Å². The molecule has 3 aromatic rings. The molecule has 1 aliphatic heterocycles. The average Bonchev–Trinajstić information content (AvgIpc) is 3.17. The number of hydrogen-bond acceptors (Lipinski definition) is 7. The van der Waals surface area contributed by atoms with Gasteiger partial charge in [-0.05, 0) is 58.8 Å². The van der Waals surface area contributed by atoms with Crippen molar-refractivity contribution in [2.24, 2.45) is 5.41 Å². The molecular weight excluding hydrogens is 560 g/mol. The number of para-hydroxylation sites is 1. The maximum Gasteiger partial charge on any atom is 0.248 e. The molecule has 0 radical (unpaired) electrons. The Morgan fingerprint density at radius 1 is 1.24 bits per heavy atom. The summed E-state index contributed by atoms with van der Waals surface area (Å²) < 4.78 is 22.8. The zero-order chi connectivity index (χ0) is 26.9. The average molecular weight is 588 g/mol. The molecule has 3 heterocycles. The second-order valence-electron chi connectivity index (χ2n) is 10.2. The number of halogens is 1. The molecule has 1 aliphatic carbocycles. The number of Topliss-reactive ketones (excluding diaryl/α,β-unsaturated/α-hetero) is 1. The lowest BCUT2D eigenvalue weighted by Crippen LogP contribution is -2.47. The number of hydrogen-bond donors (Lipinski definition) is 2. The van der Waals surface area contributed by atoms with E-state index in [0.29, 0.717) is 27.7 Å². The van der Waals surface area contributed by atoms with Crippen LogP contribution >= 0.6 is 15.9 Å². The quantitative estimate of drug-likeness (QED) is 0.333. The maximum absolute atomic E-state index is 13.7. The molecule has 2 aliphatic rings. The highest BCUT2D eigenvalue weighted by molar-refractivity contribution is 9.10. The second-order valence-corrected chi connectivity index (χ2v) is 13.2. The molecule has 37 heavy (non-hydrogen) atoms. The summed E-state index contributed by atoms with van der Waals surface area (Å²) in [4.78, 5) is 45.5. The molecule has 10 nitrogen and oxygen atoms in total. The number of rotatable bonds is 6. The molecule has 4 atom stereocenters. The molecule has 1 saturated heterocycles. The van der Waals surface area contributed by atoms with E-state index in [-0.39, 0.29) is 46.2 Å². The number of amides is 2. The molecule has 2 aromatic heterocycles. The number of nitrogens with zero attached hydrogens (tertiary/aromatic N) is 4. The molecule has 2 amide bonds. The number of carbonyl (C=O) groups is 3. The van der Waals surface area contributed by atoms with Gasteiger partial charge in [-0.3, -0.25) is 19.1 Å². The predicted octanol–water partition coefficient (Wildman–Crippen LogP) is 3.76. The van der Waals surface area contributed by atoms with Crippen molar-refractivity contribution in [2.75, 3.05) is 11.6 Å². The van der Waals surface area contributed by atoms with E-state index >= 15 is 0 Å². The third kappa shape index (κ3) is 4.46. The van der Waals surface area contributed by atoms with Crippen molar-refractivity contribution in [2.45, 2.75) is 57.1 Å². The van der Waals surface area contributed by atoms with Gasteiger partial charge < -0.3 is 10.2 Å². The van der Waals surface area contributed by atoms with E-state index in [0.717, 1.165) is 12.0 Å². The lowest BCUT2D eigenvalue weighted by atomic mass is 10.0. The molecule has 0 bridgehead atoms. The summed E-state index contributed by atoms with van der Waals surface area (Å²) in [6, 6.07) is 7.73. The summed E-state index contributed by atoms with van der Waals surface area (Å²) >= 11 is 3.32. The van der Waals surface area contributed by atoms with E-state index in [2.05, 4.69) is 38.3 Å². The Kier molecular flexibility index (Phi) is 6.02. The molecule has 12 heteroatoms. The number of fused-ring (bicyclic) bond motifs is 2. The number of aryl methyl sites for hydroxylation is 1. The van der Waals surface area contributed by atoms with Crippen LogP contribution in [0.5, 0.6) is 0 Å². The monoisotopic (exact) mass is 586 g/mol. The summed E-state index contributed by atoms with van der Waals surface area (Å²) in [6.45, 7) is 5.03. The van der Waals surface area contributed by atoms with E-state index in [4.69, 9.17) is 4.78 Å². The van der Waals surface area contributed by atoms with Crippen LogP contribution in [0.1, 0.15) is 42.7 Å². The number of pyridine rings is 1. The van der Waals surface area contributed by atoms with Gasteiger partial charge in [0.05, 0.1) is 20.1 Å². The van der Waals surface area contributed by atoms with Crippen LogP contribution in [0.2, 0.25) is 0 Å². The minimum absolute atomic E-state index is 0.0764. The van der Waals surface area contributed by atoms with E-state index in [1.54, 1.807) is 29.2 Å². The maximum atomic E-state index is 13.7. The number of carbonyl (C=O) groups excluding carboxylic acids is 3. The van der Waals surface area contributed by atoms with Crippen molar-refractivity contribution in [1.82, 2.24) is 19.7 Å². The summed E-state index contributed by atoms with van der Waals surface area (Å²) in [5.74, 6) is -0.508. The van der Waals surface area contributed by atoms with Crippen LogP contribution in [0.25, 0.3) is 10.9 Å². The first-order valence-electron chi connectivity index (χ1n) is 11.8. The van der Waals surface area contributed by atoms with Gasteiger partial charge in [-0.2, -0.15) is 5.10 Å². The number of ketones is 1. The minimum Gasteiger partial charge on any atom is -0.325 e. The number of anilines is 1. The van der Waals surface area contributed by atoms with E-state index in [1.165, 1.54) is 17.9 Å². The lowest BCUT2D eigenvalue weighted by Gasteiger charge is -2.27. The van der Waals surface area contributed by atoms with Gasteiger partial charge in [0.25, 0.3) is 0 Å². The van der Waals surface area contributed by atoms with Crippen LogP contribution < -0.4 is 5.32 Å². The molecule has 0 spiro atoms. The highest BCUT2D eigenvalue weighted by Crippen LogP contribution is 2.59. The third-order valence-corrected chi connectivity index (χ3v) is 8.91. The summed E-state index contributed by atoms with van der Waals surface area (Å²) in [7, 11) is -3.17. The normalized spacial score (nSPS) is 24.0. The highest BCUT2D eigenvalue weighted by Gasteiger charge is 2.64. The van der Waals surface area contributed by atoms with Crippen LogP contribution in [0.3, 0.4) is 0 Å². The molecule has 1 aromatic carbocycles. The Morgan fingerprint density at radius 2 is 1.97 bits per heavy atom. The Bertz CT molecular complexity index is 1600. The fourth-order valence-electron chi connectivity index (χ4n) is 5.29. The first kappa shape index (κ1) is 25.5. The summed E-state index contributed by atoms with van der Waals surface area (Å²) in [5.41, 5.74) is 1.14. The lowest BCUT2D eigenvalue weighted by molar-refractivity contribution is -0.138. The Labute approximate surface area is 222 Å². The van der Waals surface area contributed by atoms with Gasteiger partial charge in [-0.1, -0.05) is 25.1 Å². The number of nitrogens with one attached hydrogen (secondary N) is 2. The van der Waals surface area contributed by atoms with Crippen LogP contribution in [0.4, 0.5) is 5.82 Å². The topological polar surface area (TPSA) is 138 Å². The van der Waals surface area contributed by atoms with Crippen LogP contribution in [0.15, 0.2) is 39.8 Å². The zero-order valence-electron chi connectivity index (χ0n) is 20.9. The number of aromatic nitrogens is 3. The number of piperidine rings is 1. The van der Waals surface area contributed by atoms with Crippen molar-refractivity contribution in [3.63, 3.8) is 0 Å². The summed E-state index contributed by atoms with van der Waals surface area (Å²) in [5, 5.41) is 7.71. The van der Waals surface area contributed by atoms with Crippen LogP contribution in [-0.2, 0) is 25.9 Å². The van der Waals surface area contributed by atoms with Crippen molar-refractivity contribution >= 4 is 60.0 Å². The van der Waals surface area contributed by atoms with Crippen molar-refractivity contribution in [1.29, 1.82) is 4.78 Å². The third-order valence-electron chi connectivity index (χ3n) is 7.30. The van der Waals surface area contributed by atoms with Gasteiger partial charge in [0, 0.05) is 24.6 Å². The van der Waals surface area contributed by atoms with Gasteiger partial charge in [-0.15, -0.1) is 0 Å². The molecule has 5 rings (SSSR count). The molecule has 194 valence electrons. The second kappa shape index (κ2) is 8.73. The molecule has 2 N–H and O–H groups in total. The smallest absolute Gasteiger partial charge is 0.248 e. The van der Waals surface area contributed by atoms with Crippen molar-refractivity contribution in [3.05, 3.63) is 46.2 Å². The first-order valence-corrected chi connectivity index (χ1v) is 14.6. The Hall–Kier alpha value is -3.12. The largest absolute Gasteiger partial charge is 0.325 e. The van der Waals surface area contributed by atoms with Crippen molar-refractivity contribution < 1.29 is 18.6 Å². The minimum atomic E-state index is -3.17. The highest BCUT2D eigenvalue weighted by atomic mass is 79.9. The zero-order valence-corrected chi connectivity index (χ0v) is 23.3. The summed E-state index contributed by atoms with van der Waals surface area (Å²) in [6.07, 6.45) is 2.63. The van der Waals surface area contributed by atoms with Gasteiger partial charge >= 0.3 is 0 Å². The van der Waals surface area contributed by atoms with Crippen LogP contribution in [-0.4, -0.2) is 59.8 Å². The predicted molar refractivity (Wildman–Crippen MR) is 142 cm³/mol. The fourth-order valence-corrected chi connectivity index (χ4v) is 6.53. The van der Waals surface area contributed by atoms with E-state index in [9.17, 15) is 18.6 Å². The number of likely N-dealkylation sites (tertiary alicyclic amines) is 1.